The van der Waals surface area contributed by atoms with Crippen molar-refractivity contribution in [2.45, 2.75) is 49.6 Å². The summed E-state index contributed by atoms with van der Waals surface area (Å²) in [6.45, 7) is -0.224. The van der Waals surface area contributed by atoms with E-state index in [4.69, 9.17) is 5.11 Å². The van der Waals surface area contributed by atoms with Gasteiger partial charge in [-0.1, -0.05) is 19.3 Å². The van der Waals surface area contributed by atoms with Crippen LogP contribution in [-0.4, -0.2) is 19.6 Å². The molecule has 0 atom stereocenters. The van der Waals surface area contributed by atoms with Crippen LogP contribution >= 0.6 is 11.3 Å². The Bertz CT molecular complexity index is 461. The minimum atomic E-state index is -3.46. The average molecular weight is 275 g/mol. The van der Waals surface area contributed by atoms with Gasteiger partial charge < -0.3 is 5.11 Å². The van der Waals surface area contributed by atoms with Crippen LogP contribution < -0.4 is 4.72 Å². The Balaban J connectivity index is 2.13. The smallest absolute Gasteiger partial charge is 0.242 e. The van der Waals surface area contributed by atoms with Gasteiger partial charge in [0.2, 0.25) is 10.0 Å². The van der Waals surface area contributed by atoms with Gasteiger partial charge in [-0.15, -0.1) is 11.3 Å². The summed E-state index contributed by atoms with van der Waals surface area (Å²) in [7, 11) is -3.46. The predicted molar refractivity (Wildman–Crippen MR) is 67.4 cm³/mol. The number of sulfonamides is 1. The van der Waals surface area contributed by atoms with Crippen molar-refractivity contribution in [3.05, 3.63) is 16.3 Å². The Morgan fingerprint density at radius 1 is 1.35 bits per heavy atom. The van der Waals surface area contributed by atoms with Crippen molar-refractivity contribution in [1.82, 2.24) is 4.72 Å². The van der Waals surface area contributed by atoms with E-state index >= 15 is 0 Å². The Morgan fingerprint density at radius 2 is 2.06 bits per heavy atom. The van der Waals surface area contributed by atoms with Crippen molar-refractivity contribution in [2.24, 2.45) is 0 Å². The van der Waals surface area contributed by atoms with Crippen molar-refractivity contribution in [1.29, 1.82) is 0 Å². The van der Waals surface area contributed by atoms with Crippen molar-refractivity contribution >= 4 is 21.4 Å². The summed E-state index contributed by atoms with van der Waals surface area (Å²) < 4.78 is 27.0. The molecule has 1 heterocycles. The Morgan fingerprint density at radius 3 is 2.71 bits per heavy atom. The van der Waals surface area contributed by atoms with E-state index in [1.54, 1.807) is 11.4 Å². The van der Waals surface area contributed by atoms with Crippen LogP contribution in [0, 0.1) is 0 Å². The van der Waals surface area contributed by atoms with Crippen LogP contribution in [0.15, 0.2) is 16.3 Å². The van der Waals surface area contributed by atoms with E-state index in [-0.39, 0.29) is 17.5 Å². The molecule has 1 aromatic rings. The molecule has 1 fully saturated rings. The second-order valence-electron chi connectivity index (χ2n) is 4.32. The van der Waals surface area contributed by atoms with E-state index in [2.05, 4.69) is 4.72 Å². The number of aliphatic hydroxyl groups excluding tert-OH is 1. The lowest BCUT2D eigenvalue weighted by Crippen LogP contribution is -2.36. The molecule has 0 unspecified atom stereocenters. The zero-order valence-corrected chi connectivity index (χ0v) is 11.2. The molecule has 0 radical (unpaired) electrons. The molecule has 6 heteroatoms. The molecule has 0 aromatic carbocycles. The second-order valence-corrected chi connectivity index (χ2v) is 7.01. The fraction of sp³-hybridized carbons (Fsp3) is 0.636. The first-order valence-corrected chi connectivity index (χ1v) is 8.19. The van der Waals surface area contributed by atoms with Gasteiger partial charge in [0, 0.05) is 10.9 Å². The minimum Gasteiger partial charge on any atom is -0.391 e. The second kappa shape index (κ2) is 5.48. The molecule has 2 rings (SSSR count). The van der Waals surface area contributed by atoms with Crippen LogP contribution in [-0.2, 0) is 16.6 Å². The van der Waals surface area contributed by atoms with Gasteiger partial charge in [-0.2, -0.15) is 0 Å². The van der Waals surface area contributed by atoms with Crippen molar-refractivity contribution in [3.8, 4) is 0 Å². The molecule has 0 bridgehead atoms. The first kappa shape index (κ1) is 13.0. The Labute approximate surface area is 106 Å². The molecule has 2 N–H and O–H groups in total. The topological polar surface area (TPSA) is 66.4 Å². The largest absolute Gasteiger partial charge is 0.391 e. The molecule has 17 heavy (non-hydrogen) atoms. The number of thiophene rings is 1. The molecule has 0 saturated heterocycles. The molecule has 1 aliphatic rings. The van der Waals surface area contributed by atoms with Crippen molar-refractivity contribution in [2.75, 3.05) is 0 Å². The molecule has 4 nitrogen and oxygen atoms in total. The molecule has 96 valence electrons. The van der Waals surface area contributed by atoms with E-state index in [0.717, 1.165) is 25.7 Å². The highest BCUT2D eigenvalue weighted by Gasteiger charge is 2.24. The molecule has 1 aromatic heterocycles. The Hall–Kier alpha value is -0.430. The third kappa shape index (κ3) is 3.07. The normalized spacial score (nSPS) is 18.4. The molecular weight excluding hydrogens is 258 g/mol. The van der Waals surface area contributed by atoms with Gasteiger partial charge in [-0.25, -0.2) is 13.1 Å². The van der Waals surface area contributed by atoms with Gasteiger partial charge >= 0.3 is 0 Å². The van der Waals surface area contributed by atoms with Gasteiger partial charge in [0.05, 0.1) is 11.5 Å². The van der Waals surface area contributed by atoms with E-state index in [0.29, 0.717) is 4.88 Å². The zero-order valence-electron chi connectivity index (χ0n) is 9.55. The number of nitrogens with one attached hydrogen (secondary N) is 1. The summed E-state index contributed by atoms with van der Waals surface area (Å²) >= 11 is 1.27. The fourth-order valence-electron chi connectivity index (χ4n) is 2.19. The van der Waals surface area contributed by atoms with Crippen LogP contribution in [0.2, 0.25) is 0 Å². The van der Waals surface area contributed by atoms with Crippen LogP contribution in [0.25, 0.3) is 0 Å². The highest BCUT2D eigenvalue weighted by Crippen LogP contribution is 2.24. The van der Waals surface area contributed by atoms with Crippen LogP contribution in [0.5, 0.6) is 0 Å². The van der Waals surface area contributed by atoms with E-state index in [9.17, 15) is 8.42 Å². The van der Waals surface area contributed by atoms with Gasteiger partial charge in [0.15, 0.2) is 0 Å². The number of hydrogen-bond acceptors (Lipinski definition) is 4. The average Bonchev–Trinajstić information content (AvgIpc) is 2.78. The molecule has 1 aliphatic carbocycles. The fourth-order valence-corrected chi connectivity index (χ4v) is 4.79. The SMILES string of the molecule is O=S(=O)(NC1CCCCC1)c1ccsc1CO. The van der Waals surface area contributed by atoms with Gasteiger partial charge in [0.25, 0.3) is 0 Å². The summed E-state index contributed by atoms with van der Waals surface area (Å²) in [4.78, 5) is 0.740. The third-order valence-electron chi connectivity index (χ3n) is 3.06. The molecule has 0 aliphatic heterocycles. The number of aliphatic hydroxyl groups is 1. The van der Waals surface area contributed by atoms with E-state index in [1.807, 2.05) is 0 Å². The molecular formula is C11H17NO3S2. The Kier molecular flexibility index (Phi) is 4.19. The lowest BCUT2D eigenvalue weighted by atomic mass is 9.96. The van der Waals surface area contributed by atoms with Gasteiger partial charge in [-0.05, 0) is 24.3 Å². The van der Waals surface area contributed by atoms with E-state index < -0.39 is 10.0 Å². The van der Waals surface area contributed by atoms with Crippen molar-refractivity contribution in [3.63, 3.8) is 0 Å². The lowest BCUT2D eigenvalue weighted by molar-refractivity contribution is 0.282. The van der Waals surface area contributed by atoms with Crippen LogP contribution in [0.4, 0.5) is 0 Å². The van der Waals surface area contributed by atoms with Gasteiger partial charge in [-0.3, -0.25) is 0 Å². The summed E-state index contributed by atoms with van der Waals surface area (Å²) in [5.41, 5.74) is 0. The van der Waals surface area contributed by atoms with Crippen molar-refractivity contribution < 1.29 is 13.5 Å². The zero-order chi connectivity index (χ0) is 12.3. The highest BCUT2D eigenvalue weighted by molar-refractivity contribution is 7.89. The summed E-state index contributed by atoms with van der Waals surface area (Å²) in [5, 5.41) is 10.8. The third-order valence-corrected chi connectivity index (χ3v) is 5.70. The van der Waals surface area contributed by atoms with Crippen LogP contribution in [0.1, 0.15) is 37.0 Å². The minimum absolute atomic E-state index is 0.0557. The summed E-state index contributed by atoms with van der Waals surface area (Å²) in [6, 6.07) is 1.61. The molecule has 0 spiro atoms. The van der Waals surface area contributed by atoms with Gasteiger partial charge in [0.1, 0.15) is 0 Å². The predicted octanol–water partition coefficient (Wildman–Crippen LogP) is 1.85. The van der Waals surface area contributed by atoms with E-state index in [1.165, 1.54) is 17.8 Å². The summed E-state index contributed by atoms with van der Waals surface area (Å²) in [6.07, 6.45) is 5.20. The highest BCUT2D eigenvalue weighted by atomic mass is 32.2. The first-order chi connectivity index (χ1) is 8.13. The number of hydrogen-bond donors (Lipinski definition) is 2. The molecule has 0 amide bonds. The maximum atomic E-state index is 12.1. The molecule has 1 saturated carbocycles. The lowest BCUT2D eigenvalue weighted by Gasteiger charge is -2.22. The first-order valence-electron chi connectivity index (χ1n) is 5.83. The monoisotopic (exact) mass is 275 g/mol. The summed E-state index contributed by atoms with van der Waals surface area (Å²) in [5.74, 6) is 0. The number of rotatable bonds is 4. The standard InChI is InChI=1S/C11H17NO3S2/c13-8-10-11(6-7-16-10)17(14,15)12-9-4-2-1-3-5-9/h6-7,9,12-13H,1-5,8H2. The van der Waals surface area contributed by atoms with Crippen LogP contribution in [0.3, 0.4) is 0 Å². The maximum Gasteiger partial charge on any atom is 0.242 e. The quantitative estimate of drug-likeness (QED) is 0.881. The maximum absolute atomic E-state index is 12.1.